The van der Waals surface area contributed by atoms with E-state index < -0.39 is 0 Å². The molecule has 0 spiro atoms. The van der Waals surface area contributed by atoms with Crippen LogP contribution in [0.4, 0.5) is 11.8 Å². The van der Waals surface area contributed by atoms with E-state index in [1.807, 2.05) is 32.0 Å². The molecule has 1 atom stereocenters. The number of rotatable bonds is 4. The number of nitrogens with zero attached hydrogens (tertiary/aromatic N) is 3. The molecule has 0 bridgehead atoms. The van der Waals surface area contributed by atoms with Crippen molar-refractivity contribution in [2.45, 2.75) is 26.8 Å². The Hall–Kier alpha value is -1.99. The van der Waals surface area contributed by atoms with Crippen molar-refractivity contribution in [1.82, 2.24) is 15.0 Å². The summed E-state index contributed by atoms with van der Waals surface area (Å²) >= 11 is 5.15. The number of nitrogens with two attached hydrogens (primary N) is 1. The van der Waals surface area contributed by atoms with Crippen molar-refractivity contribution in [2.24, 2.45) is 0 Å². The molecule has 0 aliphatic heterocycles. The van der Waals surface area contributed by atoms with Gasteiger partial charge in [-0.3, -0.25) is 0 Å². The minimum absolute atomic E-state index is 0.0837. The highest BCUT2D eigenvalue weighted by Gasteiger charge is 2.16. The van der Waals surface area contributed by atoms with E-state index in [9.17, 15) is 0 Å². The average Bonchev–Trinajstić information content (AvgIpc) is 2.89. The Morgan fingerprint density at radius 1 is 1.12 bits per heavy atom. The third kappa shape index (κ3) is 3.73. The van der Waals surface area contributed by atoms with Crippen LogP contribution in [0.3, 0.4) is 0 Å². The number of aryl methyl sites for hydroxylation is 2. The molecule has 5 nitrogen and oxygen atoms in total. The molecule has 7 heteroatoms. The van der Waals surface area contributed by atoms with Gasteiger partial charge in [-0.1, -0.05) is 28.1 Å². The zero-order valence-corrected chi connectivity index (χ0v) is 16.1. The van der Waals surface area contributed by atoms with Gasteiger partial charge in [0.05, 0.1) is 11.7 Å². The van der Waals surface area contributed by atoms with E-state index in [0.717, 1.165) is 32.2 Å². The van der Waals surface area contributed by atoms with Gasteiger partial charge in [0.1, 0.15) is 10.8 Å². The number of nitrogens with one attached hydrogen (secondary N) is 1. The van der Waals surface area contributed by atoms with Crippen LogP contribution < -0.4 is 11.1 Å². The molecule has 0 saturated carbocycles. The third-order valence-corrected chi connectivity index (χ3v) is 5.47. The minimum atomic E-state index is 0.0837. The predicted molar refractivity (Wildman–Crippen MR) is 103 cm³/mol. The summed E-state index contributed by atoms with van der Waals surface area (Å²) in [5.74, 6) is 1.01. The maximum absolute atomic E-state index is 5.72. The van der Waals surface area contributed by atoms with Gasteiger partial charge < -0.3 is 11.1 Å². The topological polar surface area (TPSA) is 76.7 Å². The molecule has 3 N–H and O–H groups in total. The van der Waals surface area contributed by atoms with Crippen LogP contribution in [-0.4, -0.2) is 15.0 Å². The first-order valence-corrected chi connectivity index (χ1v) is 9.14. The van der Waals surface area contributed by atoms with Gasteiger partial charge in [-0.05, 0) is 32.9 Å². The van der Waals surface area contributed by atoms with Gasteiger partial charge in [-0.2, -0.15) is 4.98 Å². The first kappa shape index (κ1) is 16.9. The Kier molecular flexibility index (Phi) is 4.82. The maximum atomic E-state index is 5.72. The fourth-order valence-electron chi connectivity index (χ4n) is 2.48. The molecule has 0 radical (unpaired) electrons. The van der Waals surface area contributed by atoms with E-state index >= 15 is 0 Å². The van der Waals surface area contributed by atoms with Gasteiger partial charge in [0.2, 0.25) is 5.95 Å². The molecule has 24 heavy (non-hydrogen) atoms. The summed E-state index contributed by atoms with van der Waals surface area (Å²) in [7, 11) is 0. The number of nitrogen functional groups attached to an aromatic ring is 1. The summed E-state index contributed by atoms with van der Waals surface area (Å²) in [6, 6.07) is 10.2. The van der Waals surface area contributed by atoms with E-state index in [-0.39, 0.29) is 12.0 Å². The molecule has 1 aromatic carbocycles. The quantitative estimate of drug-likeness (QED) is 0.657. The van der Waals surface area contributed by atoms with Gasteiger partial charge in [-0.15, -0.1) is 11.3 Å². The first-order chi connectivity index (χ1) is 11.4. The number of benzene rings is 1. The average molecular weight is 404 g/mol. The zero-order chi connectivity index (χ0) is 17.3. The van der Waals surface area contributed by atoms with Crippen molar-refractivity contribution in [3.05, 3.63) is 51.1 Å². The number of hydrogen-bond acceptors (Lipinski definition) is 6. The molecular formula is C17H18BrN5S. The highest BCUT2D eigenvalue weighted by Crippen LogP contribution is 2.33. The summed E-state index contributed by atoms with van der Waals surface area (Å²) < 4.78 is 1.06. The van der Waals surface area contributed by atoms with Gasteiger partial charge in [0.15, 0.2) is 0 Å². The lowest BCUT2D eigenvalue weighted by Crippen LogP contribution is -2.09. The molecule has 0 amide bonds. The Balaban J connectivity index is 1.85. The molecule has 0 aliphatic carbocycles. The van der Waals surface area contributed by atoms with Crippen molar-refractivity contribution < 1.29 is 0 Å². The van der Waals surface area contributed by atoms with Crippen molar-refractivity contribution in [3.63, 3.8) is 0 Å². The number of thiazole rings is 1. The second kappa shape index (κ2) is 6.86. The summed E-state index contributed by atoms with van der Waals surface area (Å²) in [6.45, 7) is 6.03. The fraction of sp³-hybridized carbons (Fsp3) is 0.235. The smallest absolute Gasteiger partial charge is 0.222 e. The van der Waals surface area contributed by atoms with Gasteiger partial charge in [0, 0.05) is 26.7 Å². The van der Waals surface area contributed by atoms with E-state index in [1.165, 1.54) is 4.88 Å². The fourth-order valence-corrected chi connectivity index (χ4v) is 3.82. The second-order valence-electron chi connectivity index (χ2n) is 5.59. The largest absolute Gasteiger partial charge is 0.368 e. The van der Waals surface area contributed by atoms with Crippen LogP contribution in [0, 0.1) is 13.8 Å². The normalized spacial score (nSPS) is 12.2. The summed E-state index contributed by atoms with van der Waals surface area (Å²) in [5, 5.41) is 4.40. The Bertz CT molecular complexity index is 840. The molecule has 2 heterocycles. The van der Waals surface area contributed by atoms with Crippen LogP contribution in [0.2, 0.25) is 0 Å². The molecule has 124 valence electrons. The standard InChI is InChI=1S/C17H18BrN5S/c1-9-8-14(23-17(19)20-9)21-10(2)15-11(3)22-16(24-15)12-4-6-13(18)7-5-12/h4-8,10H,1-3H3,(H3,19,20,21,23). The molecule has 2 aromatic heterocycles. The molecule has 1 unspecified atom stereocenters. The van der Waals surface area contributed by atoms with Crippen LogP contribution in [-0.2, 0) is 0 Å². The molecule has 0 aliphatic rings. The molecule has 0 fully saturated rings. The maximum Gasteiger partial charge on any atom is 0.222 e. The van der Waals surface area contributed by atoms with Crippen LogP contribution in [0.15, 0.2) is 34.8 Å². The summed E-state index contributed by atoms with van der Waals surface area (Å²) in [6.07, 6.45) is 0. The van der Waals surface area contributed by atoms with Crippen molar-refractivity contribution in [3.8, 4) is 10.6 Å². The third-order valence-electron chi connectivity index (χ3n) is 3.55. The number of anilines is 2. The molecule has 0 saturated heterocycles. The second-order valence-corrected chi connectivity index (χ2v) is 7.54. The predicted octanol–water partition coefficient (Wildman–Crippen LogP) is 4.73. The van der Waals surface area contributed by atoms with Crippen LogP contribution in [0.1, 0.15) is 29.2 Å². The highest BCUT2D eigenvalue weighted by atomic mass is 79.9. The van der Waals surface area contributed by atoms with Crippen molar-refractivity contribution in [1.29, 1.82) is 0 Å². The highest BCUT2D eigenvalue weighted by molar-refractivity contribution is 9.10. The van der Waals surface area contributed by atoms with E-state index in [1.54, 1.807) is 11.3 Å². The van der Waals surface area contributed by atoms with Crippen molar-refractivity contribution in [2.75, 3.05) is 11.1 Å². The van der Waals surface area contributed by atoms with Crippen LogP contribution >= 0.6 is 27.3 Å². The lowest BCUT2D eigenvalue weighted by molar-refractivity contribution is 0.877. The SMILES string of the molecule is Cc1cc(NC(C)c2sc(-c3ccc(Br)cc3)nc2C)nc(N)n1. The van der Waals surface area contributed by atoms with Gasteiger partial charge in [-0.25, -0.2) is 9.97 Å². The first-order valence-electron chi connectivity index (χ1n) is 7.53. The van der Waals surface area contributed by atoms with E-state index in [2.05, 4.69) is 50.3 Å². The molecule has 3 rings (SSSR count). The number of halogens is 1. The monoisotopic (exact) mass is 403 g/mol. The Labute approximate surface area is 153 Å². The van der Waals surface area contributed by atoms with Crippen LogP contribution in [0.5, 0.6) is 0 Å². The number of aromatic nitrogens is 3. The summed E-state index contributed by atoms with van der Waals surface area (Å²) in [5.41, 5.74) is 8.70. The Morgan fingerprint density at radius 2 is 1.83 bits per heavy atom. The Morgan fingerprint density at radius 3 is 2.50 bits per heavy atom. The van der Waals surface area contributed by atoms with Gasteiger partial charge in [0.25, 0.3) is 0 Å². The van der Waals surface area contributed by atoms with Gasteiger partial charge >= 0.3 is 0 Å². The van der Waals surface area contributed by atoms with E-state index in [4.69, 9.17) is 10.7 Å². The van der Waals surface area contributed by atoms with E-state index in [0.29, 0.717) is 0 Å². The lowest BCUT2D eigenvalue weighted by atomic mass is 10.2. The zero-order valence-electron chi connectivity index (χ0n) is 13.7. The van der Waals surface area contributed by atoms with Crippen LogP contribution in [0.25, 0.3) is 10.6 Å². The molecular weight excluding hydrogens is 386 g/mol. The number of hydrogen-bond donors (Lipinski definition) is 2. The molecule has 3 aromatic rings. The summed E-state index contributed by atoms with van der Waals surface area (Å²) in [4.78, 5) is 14.2. The van der Waals surface area contributed by atoms with Crippen molar-refractivity contribution >= 4 is 39.0 Å². The minimum Gasteiger partial charge on any atom is -0.368 e. The lowest BCUT2D eigenvalue weighted by Gasteiger charge is -2.14.